The van der Waals surface area contributed by atoms with Crippen molar-refractivity contribution < 1.29 is 22.7 Å². The van der Waals surface area contributed by atoms with E-state index in [1.54, 1.807) is 38.1 Å². The summed E-state index contributed by atoms with van der Waals surface area (Å²) in [6, 6.07) is 12.1. The third kappa shape index (κ3) is 6.40. The molecule has 0 saturated carbocycles. The average molecular weight is 419 g/mol. The van der Waals surface area contributed by atoms with Gasteiger partial charge in [-0.05, 0) is 55.2 Å². The van der Waals surface area contributed by atoms with Gasteiger partial charge in [-0.3, -0.25) is 9.59 Å². The molecule has 2 aromatic carbocycles. The van der Waals surface area contributed by atoms with E-state index < -0.39 is 34.5 Å². The van der Waals surface area contributed by atoms with Crippen molar-refractivity contribution in [3.63, 3.8) is 0 Å². The minimum Gasteiger partial charge on any atom is -0.454 e. The Morgan fingerprint density at radius 2 is 1.66 bits per heavy atom. The molecular weight excluding hydrogens is 392 g/mol. The number of carbonyl (C=O) groups is 2. The van der Waals surface area contributed by atoms with E-state index in [9.17, 15) is 18.0 Å². The van der Waals surface area contributed by atoms with E-state index in [1.807, 2.05) is 26.0 Å². The number of hydrogen-bond acceptors (Lipinski definition) is 5. The van der Waals surface area contributed by atoms with Gasteiger partial charge in [0.1, 0.15) is 6.04 Å². The second-order valence-corrected chi connectivity index (χ2v) is 8.82. The highest BCUT2D eigenvalue weighted by Gasteiger charge is 2.30. The van der Waals surface area contributed by atoms with Gasteiger partial charge in [-0.15, -0.1) is 0 Å². The van der Waals surface area contributed by atoms with Crippen LogP contribution in [0.1, 0.15) is 25.0 Å². The summed E-state index contributed by atoms with van der Waals surface area (Å²) in [6.45, 7) is 6.76. The molecule has 0 aromatic heterocycles. The van der Waals surface area contributed by atoms with Crippen molar-refractivity contribution in [3.05, 3.63) is 59.7 Å². The van der Waals surface area contributed by atoms with Gasteiger partial charge in [0.15, 0.2) is 6.61 Å². The van der Waals surface area contributed by atoms with Crippen LogP contribution in [-0.2, 0) is 24.3 Å². The predicted molar refractivity (Wildman–Crippen MR) is 111 cm³/mol. The Labute approximate surface area is 171 Å². The van der Waals surface area contributed by atoms with Crippen molar-refractivity contribution in [1.82, 2.24) is 4.72 Å². The summed E-state index contributed by atoms with van der Waals surface area (Å²) in [4.78, 5) is 24.6. The highest BCUT2D eigenvalue weighted by molar-refractivity contribution is 7.89. The fourth-order valence-electron chi connectivity index (χ4n) is 2.53. The molecule has 0 bridgehead atoms. The molecule has 8 heteroatoms. The van der Waals surface area contributed by atoms with E-state index in [1.165, 1.54) is 12.1 Å². The number of amides is 1. The molecule has 1 amide bonds. The minimum absolute atomic E-state index is 0.0472. The highest BCUT2D eigenvalue weighted by Crippen LogP contribution is 2.15. The Morgan fingerprint density at radius 3 is 2.24 bits per heavy atom. The van der Waals surface area contributed by atoms with Crippen LogP contribution in [0.3, 0.4) is 0 Å². The lowest BCUT2D eigenvalue weighted by Crippen LogP contribution is -2.45. The standard InChI is InChI=1S/C21H26N2O5S/c1-14(2)20(23-29(26,27)18-8-6-5-7-9-18)21(25)28-13-19(24)22-17-11-10-15(3)16(4)12-17/h5-12,14,20,23H,13H2,1-4H3,(H,22,24)/t20-/m1/s1. The second-order valence-electron chi connectivity index (χ2n) is 7.11. The summed E-state index contributed by atoms with van der Waals surface area (Å²) in [5.41, 5.74) is 2.72. The molecule has 0 aliphatic rings. The molecule has 0 fully saturated rings. The zero-order chi connectivity index (χ0) is 21.6. The van der Waals surface area contributed by atoms with E-state index >= 15 is 0 Å². The third-order valence-electron chi connectivity index (χ3n) is 4.39. The number of rotatable bonds is 8. The fourth-order valence-corrected chi connectivity index (χ4v) is 3.89. The van der Waals surface area contributed by atoms with Gasteiger partial charge < -0.3 is 10.1 Å². The molecule has 0 aliphatic heterocycles. The molecule has 2 rings (SSSR count). The van der Waals surface area contributed by atoms with E-state index in [4.69, 9.17) is 4.74 Å². The van der Waals surface area contributed by atoms with Crippen molar-refractivity contribution in [1.29, 1.82) is 0 Å². The Bertz CT molecular complexity index is 972. The Kier molecular flexibility index (Phi) is 7.53. The van der Waals surface area contributed by atoms with Gasteiger partial charge in [0.05, 0.1) is 4.90 Å². The lowest BCUT2D eigenvalue weighted by Gasteiger charge is -2.20. The van der Waals surface area contributed by atoms with Crippen LogP contribution in [0, 0.1) is 19.8 Å². The molecule has 2 aromatic rings. The van der Waals surface area contributed by atoms with E-state index in [0.717, 1.165) is 11.1 Å². The van der Waals surface area contributed by atoms with Gasteiger partial charge in [0.25, 0.3) is 5.91 Å². The van der Waals surface area contributed by atoms with Gasteiger partial charge in [-0.1, -0.05) is 38.1 Å². The summed E-state index contributed by atoms with van der Waals surface area (Å²) >= 11 is 0. The van der Waals surface area contributed by atoms with Crippen molar-refractivity contribution in [2.75, 3.05) is 11.9 Å². The molecule has 7 nitrogen and oxygen atoms in total. The second kappa shape index (κ2) is 9.67. The lowest BCUT2D eigenvalue weighted by atomic mass is 10.1. The number of aryl methyl sites for hydroxylation is 2. The summed E-state index contributed by atoms with van der Waals surface area (Å²) in [5.74, 6) is -1.69. The normalized spacial score (nSPS) is 12.4. The number of anilines is 1. The Balaban J connectivity index is 1.98. The van der Waals surface area contributed by atoms with Crippen LogP contribution in [0.2, 0.25) is 0 Å². The molecule has 29 heavy (non-hydrogen) atoms. The Hall–Kier alpha value is -2.71. The van der Waals surface area contributed by atoms with Gasteiger partial charge in [-0.2, -0.15) is 4.72 Å². The van der Waals surface area contributed by atoms with Gasteiger partial charge in [-0.25, -0.2) is 8.42 Å². The van der Waals surface area contributed by atoms with Crippen molar-refractivity contribution in [2.24, 2.45) is 5.92 Å². The first-order valence-electron chi connectivity index (χ1n) is 9.21. The molecule has 156 valence electrons. The number of benzene rings is 2. The zero-order valence-corrected chi connectivity index (χ0v) is 17.7. The van der Waals surface area contributed by atoms with E-state index in [-0.39, 0.29) is 10.8 Å². The van der Waals surface area contributed by atoms with Crippen LogP contribution >= 0.6 is 0 Å². The maximum absolute atomic E-state index is 12.5. The van der Waals surface area contributed by atoms with Crippen molar-refractivity contribution in [2.45, 2.75) is 38.6 Å². The number of sulfonamides is 1. The monoisotopic (exact) mass is 418 g/mol. The number of nitrogens with one attached hydrogen (secondary N) is 2. The number of carbonyl (C=O) groups excluding carboxylic acids is 2. The number of esters is 1. The minimum atomic E-state index is -3.90. The van der Waals surface area contributed by atoms with Crippen molar-refractivity contribution >= 4 is 27.6 Å². The summed E-state index contributed by atoms with van der Waals surface area (Å²) in [7, 11) is -3.90. The van der Waals surface area contributed by atoms with Crippen LogP contribution in [0.5, 0.6) is 0 Å². The largest absolute Gasteiger partial charge is 0.454 e. The molecule has 2 N–H and O–H groups in total. The van der Waals surface area contributed by atoms with Gasteiger partial charge in [0.2, 0.25) is 10.0 Å². The number of ether oxygens (including phenoxy) is 1. The van der Waals surface area contributed by atoms with Gasteiger partial charge >= 0.3 is 5.97 Å². The first kappa shape index (κ1) is 22.6. The Morgan fingerprint density at radius 1 is 1.00 bits per heavy atom. The van der Waals surface area contributed by atoms with Crippen molar-refractivity contribution in [3.8, 4) is 0 Å². The van der Waals surface area contributed by atoms with Crippen LogP contribution < -0.4 is 10.0 Å². The van der Waals surface area contributed by atoms with Crippen LogP contribution in [0.15, 0.2) is 53.4 Å². The molecule has 0 saturated heterocycles. The fraction of sp³-hybridized carbons (Fsp3) is 0.333. The SMILES string of the molecule is Cc1ccc(NC(=O)COC(=O)[C@H](NS(=O)(=O)c2ccccc2)C(C)C)cc1C. The van der Waals surface area contributed by atoms with Crippen LogP contribution in [0.4, 0.5) is 5.69 Å². The maximum Gasteiger partial charge on any atom is 0.324 e. The summed E-state index contributed by atoms with van der Waals surface area (Å²) in [5, 5.41) is 2.65. The lowest BCUT2D eigenvalue weighted by molar-refractivity contribution is -0.150. The van der Waals surface area contributed by atoms with Crippen LogP contribution in [-0.4, -0.2) is 32.9 Å². The topological polar surface area (TPSA) is 102 Å². The molecule has 0 unspecified atom stereocenters. The molecular formula is C21H26N2O5S. The van der Waals surface area contributed by atoms with E-state index in [2.05, 4.69) is 10.0 Å². The quantitative estimate of drug-likeness (QED) is 0.642. The summed E-state index contributed by atoms with van der Waals surface area (Å²) < 4.78 is 32.4. The first-order valence-corrected chi connectivity index (χ1v) is 10.7. The molecule has 0 heterocycles. The smallest absolute Gasteiger partial charge is 0.324 e. The maximum atomic E-state index is 12.5. The zero-order valence-electron chi connectivity index (χ0n) is 16.9. The third-order valence-corrected chi connectivity index (χ3v) is 5.85. The predicted octanol–water partition coefficient (Wildman–Crippen LogP) is 2.79. The van der Waals surface area contributed by atoms with E-state index in [0.29, 0.717) is 5.69 Å². The molecule has 0 radical (unpaired) electrons. The van der Waals surface area contributed by atoms with Gasteiger partial charge in [0, 0.05) is 5.69 Å². The molecule has 0 aliphatic carbocycles. The first-order chi connectivity index (χ1) is 13.6. The number of hydrogen-bond donors (Lipinski definition) is 2. The summed E-state index contributed by atoms with van der Waals surface area (Å²) in [6.07, 6.45) is 0. The molecule has 1 atom stereocenters. The average Bonchev–Trinajstić information content (AvgIpc) is 2.67. The van der Waals surface area contributed by atoms with Crippen LogP contribution in [0.25, 0.3) is 0 Å². The highest BCUT2D eigenvalue weighted by atomic mass is 32.2. The molecule has 0 spiro atoms.